The first kappa shape index (κ1) is 18.5. The van der Waals surface area contributed by atoms with Gasteiger partial charge in [-0.15, -0.1) is 0 Å². The van der Waals surface area contributed by atoms with Gasteiger partial charge in [0.25, 0.3) is 0 Å². The molecule has 0 saturated heterocycles. The summed E-state index contributed by atoms with van der Waals surface area (Å²) in [5.41, 5.74) is -1.29. The fourth-order valence-electron chi connectivity index (χ4n) is 0.734. The van der Waals surface area contributed by atoms with Crippen molar-refractivity contribution < 1.29 is 35.1 Å². The van der Waals surface area contributed by atoms with E-state index in [9.17, 15) is 9.59 Å². The fraction of sp³-hybridized carbons (Fsp3) is 0.778. The minimum Gasteiger partial charge on any atom is -0.481 e. The molecule has 0 spiro atoms. The molecule has 0 aliphatic heterocycles. The second kappa shape index (κ2) is 10.3. The lowest BCUT2D eigenvalue weighted by Gasteiger charge is -2.24. The highest BCUT2D eigenvalue weighted by molar-refractivity contribution is 7.80. The third-order valence-corrected chi connectivity index (χ3v) is 2.08. The minimum absolute atomic E-state index is 0.156. The summed E-state index contributed by atoms with van der Waals surface area (Å²) in [6.07, 6.45) is -0.278. The van der Waals surface area contributed by atoms with Crippen molar-refractivity contribution in [2.45, 2.75) is 12.8 Å². The van der Waals surface area contributed by atoms with E-state index in [1.165, 1.54) is 0 Å². The minimum atomic E-state index is -1.29. The molecule has 0 aliphatic carbocycles. The van der Waals surface area contributed by atoms with Gasteiger partial charge in [-0.1, -0.05) is 0 Å². The largest absolute Gasteiger partial charge is 0.481 e. The van der Waals surface area contributed by atoms with Crippen LogP contribution in [0, 0.1) is 5.41 Å². The van der Waals surface area contributed by atoms with Crippen LogP contribution in [0.1, 0.15) is 12.8 Å². The Labute approximate surface area is 104 Å². The normalized spacial score (nSPS) is 10.4. The zero-order chi connectivity index (χ0) is 13.9. The third kappa shape index (κ3) is 10.1. The van der Waals surface area contributed by atoms with E-state index in [0.29, 0.717) is 5.75 Å². The average molecular weight is 270 g/mol. The van der Waals surface area contributed by atoms with E-state index in [0.717, 1.165) is 0 Å². The number of carboxylic acid groups (broad SMARTS) is 2. The summed E-state index contributed by atoms with van der Waals surface area (Å²) in [4.78, 5) is 19.7. The Bertz CT molecular complexity index is 219. The summed E-state index contributed by atoms with van der Waals surface area (Å²) >= 11 is 3.68. The topological polar surface area (TPSA) is 135 Å². The number of carboxylic acids is 2. The Balaban J connectivity index is 0. The molecule has 102 valence electrons. The maximum atomic E-state index is 10.2. The molecule has 0 heterocycles. The SMILES string of the molecule is O=C(O)CC(CO)(CO)CO.O=C(O)CCS. The van der Waals surface area contributed by atoms with Gasteiger partial charge in [0.1, 0.15) is 0 Å². The van der Waals surface area contributed by atoms with E-state index in [4.69, 9.17) is 25.5 Å². The number of carbonyl (C=O) groups is 2. The van der Waals surface area contributed by atoms with Crippen molar-refractivity contribution in [2.24, 2.45) is 5.41 Å². The van der Waals surface area contributed by atoms with Crippen LogP contribution in [0.5, 0.6) is 0 Å². The van der Waals surface area contributed by atoms with E-state index in [1.807, 2.05) is 0 Å². The van der Waals surface area contributed by atoms with Gasteiger partial charge < -0.3 is 25.5 Å². The van der Waals surface area contributed by atoms with E-state index < -0.39 is 43.6 Å². The van der Waals surface area contributed by atoms with Crippen LogP contribution in [0.25, 0.3) is 0 Å². The predicted octanol–water partition coefficient (Wildman–Crippen LogP) is -1.18. The van der Waals surface area contributed by atoms with Crippen LogP contribution in [0.2, 0.25) is 0 Å². The quantitative estimate of drug-likeness (QED) is 0.320. The van der Waals surface area contributed by atoms with E-state index in [1.54, 1.807) is 0 Å². The van der Waals surface area contributed by atoms with Gasteiger partial charge in [0, 0.05) is 5.75 Å². The monoisotopic (exact) mass is 270 g/mol. The van der Waals surface area contributed by atoms with E-state index in [-0.39, 0.29) is 6.42 Å². The van der Waals surface area contributed by atoms with Crippen molar-refractivity contribution in [1.82, 2.24) is 0 Å². The third-order valence-electron chi connectivity index (χ3n) is 1.86. The molecule has 0 aromatic heterocycles. The Morgan fingerprint density at radius 1 is 0.941 bits per heavy atom. The number of thiol groups is 1. The first-order chi connectivity index (χ1) is 7.87. The lowest BCUT2D eigenvalue weighted by atomic mass is 9.87. The molecule has 17 heavy (non-hydrogen) atoms. The van der Waals surface area contributed by atoms with E-state index >= 15 is 0 Å². The van der Waals surface area contributed by atoms with Gasteiger partial charge in [0.05, 0.1) is 38.1 Å². The molecule has 8 heteroatoms. The van der Waals surface area contributed by atoms with Crippen LogP contribution in [0.4, 0.5) is 0 Å². The molecule has 0 fully saturated rings. The number of hydrogen-bond donors (Lipinski definition) is 6. The summed E-state index contributed by atoms with van der Waals surface area (Å²) in [6, 6.07) is 0. The summed E-state index contributed by atoms with van der Waals surface area (Å²) in [6.45, 7) is -1.61. The number of aliphatic hydroxyl groups is 3. The molecule has 0 saturated carbocycles. The second-order valence-corrected chi connectivity index (χ2v) is 3.86. The van der Waals surface area contributed by atoms with Crippen molar-refractivity contribution in [3.8, 4) is 0 Å². The molecule has 0 unspecified atom stereocenters. The van der Waals surface area contributed by atoms with Gasteiger partial charge >= 0.3 is 11.9 Å². The molecule has 0 bridgehead atoms. The molecule has 0 atom stereocenters. The van der Waals surface area contributed by atoms with Crippen LogP contribution in [-0.2, 0) is 9.59 Å². The number of hydrogen-bond acceptors (Lipinski definition) is 6. The Kier molecular flexibility index (Phi) is 11.3. The Morgan fingerprint density at radius 3 is 1.41 bits per heavy atom. The van der Waals surface area contributed by atoms with Gasteiger partial charge in [-0.05, 0) is 0 Å². The van der Waals surface area contributed by atoms with Crippen molar-refractivity contribution in [3.63, 3.8) is 0 Å². The molecular formula is C9H18O7S. The predicted molar refractivity (Wildman–Crippen MR) is 62.0 cm³/mol. The van der Waals surface area contributed by atoms with Crippen molar-refractivity contribution >= 4 is 24.6 Å². The summed E-state index contributed by atoms with van der Waals surface area (Å²) in [5.74, 6) is -1.51. The first-order valence-corrected chi connectivity index (χ1v) is 5.37. The Morgan fingerprint density at radius 2 is 1.35 bits per heavy atom. The molecule has 0 rings (SSSR count). The molecule has 0 aromatic carbocycles. The second-order valence-electron chi connectivity index (χ2n) is 3.41. The van der Waals surface area contributed by atoms with Crippen molar-refractivity contribution in [2.75, 3.05) is 25.6 Å². The van der Waals surface area contributed by atoms with Crippen LogP contribution < -0.4 is 0 Å². The van der Waals surface area contributed by atoms with Crippen LogP contribution in [0.15, 0.2) is 0 Å². The van der Waals surface area contributed by atoms with Gasteiger partial charge in [0.15, 0.2) is 0 Å². The lowest BCUT2D eigenvalue weighted by molar-refractivity contribution is -0.143. The molecular weight excluding hydrogens is 252 g/mol. The molecule has 0 aromatic rings. The molecule has 0 amide bonds. The van der Waals surface area contributed by atoms with Crippen LogP contribution >= 0.6 is 12.6 Å². The van der Waals surface area contributed by atoms with E-state index in [2.05, 4.69) is 12.6 Å². The summed E-state index contributed by atoms with van der Waals surface area (Å²) in [7, 11) is 0. The highest BCUT2D eigenvalue weighted by Crippen LogP contribution is 2.19. The standard InChI is InChI=1S/C6H12O5.C3H6O2S/c7-2-6(3-8,4-9)1-5(10)11;4-3(5)1-2-6/h7-9H,1-4H2,(H,10,11);6H,1-2H2,(H,4,5). The van der Waals surface area contributed by atoms with Gasteiger partial charge in [-0.2, -0.15) is 12.6 Å². The van der Waals surface area contributed by atoms with Crippen molar-refractivity contribution in [3.05, 3.63) is 0 Å². The number of aliphatic carboxylic acids is 2. The summed E-state index contributed by atoms with van der Waals surface area (Å²) in [5, 5.41) is 42.1. The van der Waals surface area contributed by atoms with Gasteiger partial charge in [-0.25, -0.2) is 0 Å². The highest BCUT2D eigenvalue weighted by atomic mass is 32.1. The van der Waals surface area contributed by atoms with Gasteiger partial charge in [0.2, 0.25) is 0 Å². The Hall–Kier alpha value is -0.830. The van der Waals surface area contributed by atoms with Gasteiger partial charge in [-0.3, -0.25) is 9.59 Å². The first-order valence-electron chi connectivity index (χ1n) is 4.74. The zero-order valence-corrected chi connectivity index (χ0v) is 10.1. The molecule has 5 N–H and O–H groups in total. The molecule has 0 aliphatic rings. The van der Waals surface area contributed by atoms with Crippen LogP contribution in [0.3, 0.4) is 0 Å². The number of rotatable bonds is 7. The smallest absolute Gasteiger partial charge is 0.304 e. The summed E-state index contributed by atoms with van der Waals surface area (Å²) < 4.78 is 0. The van der Waals surface area contributed by atoms with Crippen molar-refractivity contribution in [1.29, 1.82) is 0 Å². The number of aliphatic hydroxyl groups excluding tert-OH is 3. The lowest BCUT2D eigenvalue weighted by Crippen LogP contribution is -2.36. The average Bonchev–Trinajstić information content (AvgIpc) is 2.26. The highest BCUT2D eigenvalue weighted by Gasteiger charge is 2.30. The molecule has 0 radical (unpaired) electrons. The molecule has 7 nitrogen and oxygen atoms in total. The maximum absolute atomic E-state index is 10.2. The zero-order valence-electron chi connectivity index (χ0n) is 9.24. The maximum Gasteiger partial charge on any atom is 0.304 e. The fourth-order valence-corrected chi connectivity index (χ4v) is 0.925. The van der Waals surface area contributed by atoms with Crippen LogP contribution in [-0.4, -0.2) is 63.0 Å².